The predicted octanol–water partition coefficient (Wildman–Crippen LogP) is 1.51. The zero-order valence-electron chi connectivity index (χ0n) is 12.9. The van der Waals surface area contributed by atoms with Crippen LogP contribution in [0.3, 0.4) is 0 Å². The fourth-order valence-corrected chi connectivity index (χ4v) is 3.52. The number of piperidine rings is 1. The third-order valence-electron chi connectivity index (χ3n) is 3.98. The van der Waals surface area contributed by atoms with Gasteiger partial charge in [-0.05, 0) is 25.8 Å². The summed E-state index contributed by atoms with van der Waals surface area (Å²) in [5, 5.41) is 12.1. The lowest BCUT2D eigenvalue weighted by atomic mass is 9.99. The highest BCUT2D eigenvalue weighted by molar-refractivity contribution is 7.09. The van der Waals surface area contributed by atoms with Crippen molar-refractivity contribution in [1.29, 1.82) is 0 Å². The highest BCUT2D eigenvalue weighted by atomic mass is 32.1. The third-order valence-corrected chi connectivity index (χ3v) is 4.87. The van der Waals surface area contributed by atoms with Crippen LogP contribution in [0.1, 0.15) is 36.4 Å². The molecule has 1 fully saturated rings. The Morgan fingerprint density at radius 3 is 3.05 bits per heavy atom. The van der Waals surface area contributed by atoms with E-state index in [0.29, 0.717) is 12.5 Å². The van der Waals surface area contributed by atoms with E-state index < -0.39 is 0 Å². The van der Waals surface area contributed by atoms with Gasteiger partial charge in [0.05, 0.1) is 12.1 Å². The molecule has 1 aromatic rings. The Morgan fingerprint density at radius 2 is 2.33 bits per heavy atom. The highest BCUT2D eigenvalue weighted by Gasteiger charge is 2.22. The number of rotatable bonds is 6. The molecular weight excluding hydrogens is 286 g/mol. The van der Waals surface area contributed by atoms with Crippen LogP contribution in [0.5, 0.6) is 0 Å². The van der Waals surface area contributed by atoms with Crippen molar-refractivity contribution in [3.8, 4) is 0 Å². The maximum Gasteiger partial charge on any atom is 0.228 e. The van der Waals surface area contributed by atoms with Crippen LogP contribution in [0.25, 0.3) is 0 Å². The van der Waals surface area contributed by atoms with Crippen molar-refractivity contribution in [2.45, 2.75) is 44.7 Å². The second-order valence-corrected chi connectivity index (χ2v) is 6.77. The Labute approximate surface area is 130 Å². The van der Waals surface area contributed by atoms with Gasteiger partial charge in [-0.25, -0.2) is 4.98 Å². The molecule has 1 aliphatic heterocycles. The minimum Gasteiger partial charge on any atom is -0.396 e. The van der Waals surface area contributed by atoms with Crippen LogP contribution in [0, 0.1) is 0 Å². The van der Waals surface area contributed by atoms with Crippen LogP contribution in [0.2, 0.25) is 0 Å². The number of hydrogen-bond donors (Lipinski definition) is 1. The van der Waals surface area contributed by atoms with Gasteiger partial charge >= 0.3 is 0 Å². The average molecular weight is 311 g/mol. The molecule has 1 N–H and O–H groups in total. The Morgan fingerprint density at radius 1 is 1.52 bits per heavy atom. The van der Waals surface area contributed by atoms with Crippen LogP contribution in [0.15, 0.2) is 5.38 Å². The second-order valence-electron chi connectivity index (χ2n) is 5.83. The topological polar surface area (TPSA) is 56.7 Å². The molecule has 2 rings (SSSR count). The van der Waals surface area contributed by atoms with Gasteiger partial charge in [0.2, 0.25) is 5.91 Å². The van der Waals surface area contributed by atoms with Gasteiger partial charge in [-0.15, -0.1) is 11.3 Å². The monoisotopic (exact) mass is 311 g/mol. The summed E-state index contributed by atoms with van der Waals surface area (Å²) in [6.45, 7) is 2.16. The summed E-state index contributed by atoms with van der Waals surface area (Å²) in [6, 6.07) is 0.470. The molecule has 0 radical (unpaired) electrons. The van der Waals surface area contributed by atoms with Gasteiger partial charge in [0, 0.05) is 38.7 Å². The van der Waals surface area contributed by atoms with Crippen LogP contribution in [-0.4, -0.2) is 59.1 Å². The fraction of sp³-hybridized carbons (Fsp3) is 0.733. The standard InChI is InChI=1S/C15H25N3O2S/c1-17(2)15(20)9-14-16-12(11-21-14)10-18-7-4-3-5-13(18)6-8-19/h11,13,19H,3-10H2,1-2H3. The zero-order valence-corrected chi connectivity index (χ0v) is 13.7. The van der Waals surface area contributed by atoms with Crippen molar-refractivity contribution < 1.29 is 9.90 Å². The molecule has 0 bridgehead atoms. The number of nitrogens with zero attached hydrogens (tertiary/aromatic N) is 3. The number of aromatic nitrogens is 1. The van der Waals surface area contributed by atoms with E-state index >= 15 is 0 Å². The van der Waals surface area contributed by atoms with Crippen molar-refractivity contribution in [3.63, 3.8) is 0 Å². The molecule has 118 valence electrons. The second kappa shape index (κ2) is 7.87. The molecule has 5 nitrogen and oxygen atoms in total. The summed E-state index contributed by atoms with van der Waals surface area (Å²) < 4.78 is 0. The quantitative estimate of drug-likeness (QED) is 0.865. The van der Waals surface area contributed by atoms with Crippen LogP contribution >= 0.6 is 11.3 Å². The predicted molar refractivity (Wildman–Crippen MR) is 84.3 cm³/mol. The minimum absolute atomic E-state index is 0.0898. The van der Waals surface area contributed by atoms with Crippen molar-refractivity contribution in [3.05, 3.63) is 16.1 Å². The summed E-state index contributed by atoms with van der Waals surface area (Å²) >= 11 is 1.56. The molecule has 21 heavy (non-hydrogen) atoms. The summed E-state index contributed by atoms with van der Waals surface area (Å²) in [5.74, 6) is 0.0898. The molecule has 1 unspecified atom stereocenters. The lowest BCUT2D eigenvalue weighted by Gasteiger charge is -2.35. The first kappa shape index (κ1) is 16.4. The van der Waals surface area contributed by atoms with Gasteiger partial charge in [-0.2, -0.15) is 0 Å². The van der Waals surface area contributed by atoms with Gasteiger partial charge in [0.15, 0.2) is 0 Å². The summed E-state index contributed by atoms with van der Waals surface area (Å²) in [5.41, 5.74) is 1.05. The van der Waals surface area contributed by atoms with E-state index in [1.165, 1.54) is 12.8 Å². The molecule has 6 heteroatoms. The molecule has 1 aliphatic rings. The maximum absolute atomic E-state index is 11.7. The van der Waals surface area contributed by atoms with E-state index in [0.717, 1.165) is 36.6 Å². The lowest BCUT2D eigenvalue weighted by Crippen LogP contribution is -2.39. The number of aliphatic hydroxyl groups excluding tert-OH is 1. The fourth-order valence-electron chi connectivity index (χ4n) is 2.74. The number of aliphatic hydroxyl groups is 1. The molecule has 2 heterocycles. The minimum atomic E-state index is 0.0898. The van der Waals surface area contributed by atoms with Gasteiger partial charge in [-0.1, -0.05) is 6.42 Å². The molecule has 0 aliphatic carbocycles. The maximum atomic E-state index is 11.7. The molecule has 1 saturated heterocycles. The number of amides is 1. The number of hydrogen-bond acceptors (Lipinski definition) is 5. The van der Waals surface area contributed by atoms with E-state index in [-0.39, 0.29) is 12.5 Å². The van der Waals surface area contributed by atoms with Crippen molar-refractivity contribution >= 4 is 17.2 Å². The molecule has 0 aromatic carbocycles. The number of carbonyl (C=O) groups excluding carboxylic acids is 1. The van der Waals surface area contributed by atoms with E-state index in [2.05, 4.69) is 15.3 Å². The van der Waals surface area contributed by atoms with Crippen molar-refractivity contribution in [2.75, 3.05) is 27.2 Å². The molecule has 0 saturated carbocycles. The van der Waals surface area contributed by atoms with Crippen LogP contribution in [0.4, 0.5) is 0 Å². The van der Waals surface area contributed by atoms with Gasteiger partial charge in [-0.3, -0.25) is 9.69 Å². The van der Waals surface area contributed by atoms with Gasteiger partial charge in [0.1, 0.15) is 5.01 Å². The Bertz CT molecular complexity index is 460. The van der Waals surface area contributed by atoms with E-state index in [1.807, 2.05) is 0 Å². The Hall–Kier alpha value is -0.980. The summed E-state index contributed by atoms with van der Waals surface area (Å²) in [4.78, 5) is 20.3. The lowest BCUT2D eigenvalue weighted by molar-refractivity contribution is -0.127. The van der Waals surface area contributed by atoms with Crippen molar-refractivity contribution in [2.24, 2.45) is 0 Å². The number of thiazole rings is 1. The number of likely N-dealkylation sites (N-methyl/N-ethyl adjacent to an activating group) is 1. The molecular formula is C15H25N3O2S. The van der Waals surface area contributed by atoms with E-state index in [4.69, 9.17) is 0 Å². The normalized spacial score (nSPS) is 19.7. The zero-order chi connectivity index (χ0) is 15.2. The smallest absolute Gasteiger partial charge is 0.228 e. The third kappa shape index (κ3) is 4.76. The van der Waals surface area contributed by atoms with Gasteiger partial charge in [0.25, 0.3) is 0 Å². The van der Waals surface area contributed by atoms with Crippen molar-refractivity contribution in [1.82, 2.24) is 14.8 Å². The molecule has 1 aromatic heterocycles. The van der Waals surface area contributed by atoms with Gasteiger partial charge < -0.3 is 10.0 Å². The highest BCUT2D eigenvalue weighted by Crippen LogP contribution is 2.22. The average Bonchev–Trinajstić information content (AvgIpc) is 2.88. The number of carbonyl (C=O) groups is 1. The first-order valence-corrected chi connectivity index (χ1v) is 8.46. The summed E-state index contributed by atoms with van der Waals surface area (Å²) in [6.07, 6.45) is 4.86. The summed E-state index contributed by atoms with van der Waals surface area (Å²) in [7, 11) is 3.54. The van der Waals surface area contributed by atoms with E-state index in [9.17, 15) is 9.90 Å². The van der Waals surface area contributed by atoms with Crippen LogP contribution in [-0.2, 0) is 17.8 Å². The first-order valence-electron chi connectivity index (χ1n) is 7.58. The molecule has 1 amide bonds. The molecule has 0 spiro atoms. The first-order chi connectivity index (χ1) is 10.1. The van der Waals surface area contributed by atoms with Crippen LogP contribution < -0.4 is 0 Å². The largest absolute Gasteiger partial charge is 0.396 e. The number of likely N-dealkylation sites (tertiary alicyclic amines) is 1. The SMILES string of the molecule is CN(C)C(=O)Cc1nc(CN2CCCCC2CCO)cs1. The molecule has 1 atom stereocenters. The Kier molecular flexibility index (Phi) is 6.14. The van der Waals surface area contributed by atoms with E-state index in [1.54, 1.807) is 30.3 Å². The Balaban J connectivity index is 1.93.